The summed E-state index contributed by atoms with van der Waals surface area (Å²) in [5.74, 6) is 0. The fourth-order valence-corrected chi connectivity index (χ4v) is 24.1. The molecule has 0 radical (unpaired) electrons. The third kappa shape index (κ3) is 13.6. The van der Waals surface area contributed by atoms with Gasteiger partial charge in [0.05, 0.1) is 38.5 Å². The van der Waals surface area contributed by atoms with E-state index in [1.54, 1.807) is 0 Å². The van der Waals surface area contributed by atoms with E-state index in [0.29, 0.717) is 10.0 Å². The number of benzene rings is 15. The monoisotopic (exact) mass is 1590 g/mol. The number of fused-ring (bicyclic) bond motifs is 9. The number of nitrogens with zero attached hydrogens (tertiary/aromatic N) is 2. The average molecular weight is 1590 g/mol. The molecule has 0 unspecified atom stereocenters. The molecule has 18 rings (SSSR count). The average Bonchev–Trinajstić information content (AvgIpc) is 1.50. The zero-order valence-electron chi connectivity index (χ0n) is 59.5. The quantitative estimate of drug-likeness (QED) is 0.0665. The Morgan fingerprint density at radius 1 is 0.290 bits per heavy atom. The van der Waals surface area contributed by atoms with E-state index in [9.17, 15) is 0 Å². The van der Waals surface area contributed by atoms with E-state index in [0.717, 1.165) is 131 Å². The van der Waals surface area contributed by atoms with Crippen molar-refractivity contribution >= 4 is 214 Å². The number of hydrogen-bond acceptors (Lipinski definition) is 6. The van der Waals surface area contributed by atoms with Crippen molar-refractivity contribution in [3.05, 3.63) is 381 Å². The molecule has 0 aliphatic carbocycles. The van der Waals surface area contributed by atoms with E-state index in [1.165, 1.54) is 36.7 Å². The van der Waals surface area contributed by atoms with E-state index in [1.807, 2.05) is 36.4 Å². The van der Waals surface area contributed by atoms with Crippen LogP contribution in [0.3, 0.4) is 0 Å². The molecule has 0 amide bonds. The fraction of sp³-hybridized carbons (Fsp3) is 0.0526. The first-order valence-corrected chi connectivity index (χ1v) is 43.0. The smallest absolute Gasteiger partial charge is 0.159 e. The summed E-state index contributed by atoms with van der Waals surface area (Å²) in [4.78, 5) is 4.57. The fourth-order valence-electron chi connectivity index (χ4n) is 14.9. The molecule has 0 saturated carbocycles. The van der Waals surface area contributed by atoms with E-state index in [4.69, 9.17) is 36.5 Å². The van der Waals surface area contributed by atoms with Crippen molar-refractivity contribution in [2.75, 3.05) is 15.1 Å². The maximum atomic E-state index is 8.18. The van der Waals surface area contributed by atoms with Crippen LogP contribution in [-0.4, -0.2) is 16.1 Å². The van der Waals surface area contributed by atoms with Gasteiger partial charge in [0.15, 0.2) is 16.7 Å². The molecule has 1 N–H and O–H groups in total. The van der Waals surface area contributed by atoms with E-state index in [2.05, 4.69) is 390 Å². The number of para-hydroxylation sites is 6. The lowest BCUT2D eigenvalue weighted by Gasteiger charge is -2.35. The maximum absolute atomic E-state index is 8.18. The van der Waals surface area contributed by atoms with Gasteiger partial charge in [0, 0.05) is 58.3 Å². The van der Waals surface area contributed by atoms with Gasteiger partial charge in [0.2, 0.25) is 0 Å². The summed E-state index contributed by atoms with van der Waals surface area (Å²) in [5.41, 5.74) is 16.0. The van der Waals surface area contributed by atoms with Gasteiger partial charge in [0.1, 0.15) is 32.9 Å². The van der Waals surface area contributed by atoms with Crippen molar-refractivity contribution in [1.29, 1.82) is 0 Å². The molecule has 12 heteroatoms. The minimum atomic E-state index is -2.79. The van der Waals surface area contributed by atoms with Crippen molar-refractivity contribution in [2.45, 2.75) is 33.9 Å². The van der Waals surface area contributed by atoms with E-state index in [-0.39, 0.29) is 0 Å². The van der Waals surface area contributed by atoms with E-state index < -0.39 is 16.1 Å². The SMILES string of the molecule is C[Si](c1ccccc1)(c1ccccc1)c1cc(Br)c(Cl)c(Br)c1.Cc1ccc2c(c1)oc1c(N(c3ccccc3)c3cc([Si](C)(c4ccccc4)c4ccccc4)cc(N(c4ccccc4)c4cccc5c4oc4cc(C)ccc45)c3Cl)cccc12.Cc1ccc2c(c1)oc1c(Nc3ccccc3)cccc12. The topological polar surface area (TPSA) is 57.9 Å². The molecule has 0 aliphatic rings. The van der Waals surface area contributed by atoms with Crippen LogP contribution < -0.4 is 46.2 Å². The van der Waals surface area contributed by atoms with Gasteiger partial charge in [-0.1, -0.05) is 285 Å². The first kappa shape index (κ1) is 70.4. The highest BCUT2D eigenvalue weighted by atomic mass is 79.9. The molecule has 0 fully saturated rings. The molecule has 0 spiro atoms. The Morgan fingerprint density at radius 3 is 0.981 bits per heavy atom. The highest BCUT2D eigenvalue weighted by Gasteiger charge is 2.39. The second-order valence-corrected chi connectivity index (χ2v) is 37.9. The Kier molecular flexibility index (Phi) is 19.8. The summed E-state index contributed by atoms with van der Waals surface area (Å²) in [5, 5.41) is 19.1. The minimum Gasteiger partial charge on any atom is -0.454 e. The van der Waals surface area contributed by atoms with Crippen LogP contribution in [-0.2, 0) is 0 Å². The Morgan fingerprint density at radius 2 is 0.607 bits per heavy atom. The lowest BCUT2D eigenvalue weighted by molar-refractivity contribution is 0.668. The lowest BCUT2D eigenvalue weighted by Crippen LogP contribution is -2.64. The van der Waals surface area contributed by atoms with Gasteiger partial charge in [0.25, 0.3) is 0 Å². The summed E-state index contributed by atoms with van der Waals surface area (Å²) in [6.07, 6.45) is 0. The van der Waals surface area contributed by atoms with Gasteiger partial charge in [-0.15, -0.1) is 0 Å². The molecule has 522 valence electrons. The number of hydrogen-bond donors (Lipinski definition) is 1. The van der Waals surface area contributed by atoms with Gasteiger partial charge >= 0.3 is 0 Å². The largest absolute Gasteiger partial charge is 0.454 e. The van der Waals surface area contributed by atoms with Gasteiger partial charge < -0.3 is 28.4 Å². The lowest BCUT2D eigenvalue weighted by atomic mass is 10.1. The second kappa shape index (κ2) is 30.1. The summed E-state index contributed by atoms with van der Waals surface area (Å²) in [6.45, 7) is 11.1. The molecule has 3 aromatic heterocycles. The summed E-state index contributed by atoms with van der Waals surface area (Å²) >= 11 is 21.7. The van der Waals surface area contributed by atoms with Crippen LogP contribution in [0.4, 0.5) is 45.5 Å². The number of halogens is 4. The molecule has 6 nitrogen and oxygen atoms in total. The molecular formula is C95H73Br2Cl2N3O3Si2. The zero-order chi connectivity index (χ0) is 73.3. The van der Waals surface area contributed by atoms with Crippen molar-refractivity contribution in [2.24, 2.45) is 0 Å². The molecular weight excluding hydrogens is 1520 g/mol. The molecule has 3 heterocycles. The van der Waals surface area contributed by atoms with Crippen molar-refractivity contribution < 1.29 is 13.3 Å². The molecule has 0 bridgehead atoms. The Labute approximate surface area is 652 Å². The number of aryl methyl sites for hydroxylation is 3. The summed E-state index contributed by atoms with van der Waals surface area (Å²) in [6, 6.07) is 122. The van der Waals surface area contributed by atoms with Crippen LogP contribution in [0.15, 0.2) is 368 Å². The van der Waals surface area contributed by atoms with Gasteiger partial charge in [-0.25, -0.2) is 0 Å². The van der Waals surface area contributed by atoms with Crippen LogP contribution in [0.5, 0.6) is 0 Å². The van der Waals surface area contributed by atoms with Crippen LogP contribution in [0.2, 0.25) is 23.1 Å². The van der Waals surface area contributed by atoms with Crippen LogP contribution in [0.25, 0.3) is 65.8 Å². The molecule has 18 aromatic rings. The van der Waals surface area contributed by atoms with Crippen LogP contribution in [0.1, 0.15) is 16.7 Å². The Balaban J connectivity index is 0.000000160. The highest BCUT2D eigenvalue weighted by molar-refractivity contribution is 9.11. The Hall–Kier alpha value is -10.9. The Bertz CT molecular complexity index is 5960. The number of rotatable bonds is 14. The summed E-state index contributed by atoms with van der Waals surface area (Å²) < 4.78 is 21.7. The number of anilines is 8. The van der Waals surface area contributed by atoms with Crippen molar-refractivity contribution in [3.63, 3.8) is 0 Å². The van der Waals surface area contributed by atoms with Gasteiger partial charge in [-0.3, -0.25) is 0 Å². The van der Waals surface area contributed by atoms with Crippen LogP contribution in [0, 0.1) is 20.8 Å². The maximum Gasteiger partial charge on any atom is 0.159 e. The first-order chi connectivity index (χ1) is 52.2. The van der Waals surface area contributed by atoms with E-state index >= 15 is 0 Å². The normalized spacial score (nSPS) is 11.6. The molecule has 0 saturated heterocycles. The number of nitrogens with one attached hydrogen (secondary N) is 1. The third-order valence-electron chi connectivity index (χ3n) is 20.5. The minimum absolute atomic E-state index is 0.580. The predicted octanol–water partition coefficient (Wildman–Crippen LogP) is 25.4. The second-order valence-electron chi connectivity index (χ2n) is 27.4. The summed E-state index contributed by atoms with van der Waals surface area (Å²) in [7, 11) is -4.87. The zero-order valence-corrected chi connectivity index (χ0v) is 66.2. The number of furan rings is 3. The van der Waals surface area contributed by atoms with Crippen LogP contribution >= 0.6 is 55.1 Å². The molecule has 0 atom stereocenters. The van der Waals surface area contributed by atoms with Crippen molar-refractivity contribution in [3.8, 4) is 0 Å². The van der Waals surface area contributed by atoms with Gasteiger partial charge in [-0.2, -0.15) is 0 Å². The highest BCUT2D eigenvalue weighted by Crippen LogP contribution is 2.51. The first-order valence-electron chi connectivity index (χ1n) is 35.7. The van der Waals surface area contributed by atoms with Crippen molar-refractivity contribution in [1.82, 2.24) is 0 Å². The van der Waals surface area contributed by atoms with Gasteiger partial charge in [-0.05, 0) is 198 Å². The standard InChI is InChI=1S/C57H43ClN2O2Si.C19H15Br2ClSi.C19H15NO/c1-38-30-32-45-47-26-16-28-49(56(47)61-53(45)34-38)59(40-18-8-4-9-19-40)51-36-44(63(3,42-22-12-6-13-23-42)43-24-14-7-15-25-43)37-52(55(51)58)60(41-20-10-5-11-21-41)50-29-17-27-48-46-33-31-39(2)35-54(46)62-57(48)50;1-23(14-8-4-2-5-9-14,15-10-6-3-7-11-15)16-12-17(20)19(22)18(21)13-16;1-13-10-11-15-16-8-5-9-17(19(16)21-18(15)12-13)20-14-6-3-2-4-7-14/h4-37H,1-3H3;2-13H,1H3;2-12,20H,1H3. The predicted molar refractivity (Wildman–Crippen MR) is 467 cm³/mol. The molecule has 15 aromatic carbocycles. The molecule has 107 heavy (non-hydrogen) atoms. The third-order valence-corrected chi connectivity index (χ3v) is 31.9. The molecule has 0 aliphatic heterocycles.